The Labute approximate surface area is 111 Å². The van der Waals surface area contributed by atoms with E-state index in [0.717, 1.165) is 17.3 Å². The molecule has 0 aliphatic heterocycles. The summed E-state index contributed by atoms with van der Waals surface area (Å²) in [5.41, 5.74) is 7.45. The molecule has 2 N–H and O–H groups in total. The molecule has 19 heavy (non-hydrogen) atoms. The highest BCUT2D eigenvalue weighted by atomic mass is 19.1. The van der Waals surface area contributed by atoms with E-state index in [4.69, 9.17) is 10.5 Å². The number of nitrogens with zero attached hydrogens (tertiary/aromatic N) is 2. The first kappa shape index (κ1) is 13.3. The molecule has 0 radical (unpaired) electrons. The number of hydrogen-bond donors (Lipinski definition) is 1. The smallest absolute Gasteiger partial charge is 0.260 e. The first-order valence-corrected chi connectivity index (χ1v) is 6.04. The third-order valence-electron chi connectivity index (χ3n) is 2.82. The largest absolute Gasteiger partial charge is 0.436 e. The number of anilines is 1. The highest BCUT2D eigenvalue weighted by molar-refractivity contribution is 5.40. The molecule has 0 atom stereocenters. The number of nitrogen functional groups attached to an aromatic ring is 1. The Bertz CT molecular complexity index is 599. The first-order valence-electron chi connectivity index (χ1n) is 6.04. The van der Waals surface area contributed by atoms with E-state index >= 15 is 0 Å². The highest BCUT2D eigenvalue weighted by Gasteiger charge is 2.11. The monoisotopic (exact) mass is 261 g/mol. The summed E-state index contributed by atoms with van der Waals surface area (Å²) < 4.78 is 19.0. The van der Waals surface area contributed by atoms with Gasteiger partial charge in [0.2, 0.25) is 11.8 Å². The zero-order valence-corrected chi connectivity index (χ0v) is 11.1. The van der Waals surface area contributed by atoms with Gasteiger partial charge < -0.3 is 10.5 Å². The van der Waals surface area contributed by atoms with Crippen LogP contribution in [0.3, 0.4) is 0 Å². The molecule has 1 aromatic heterocycles. The van der Waals surface area contributed by atoms with Crippen molar-refractivity contribution in [3.8, 4) is 11.6 Å². The van der Waals surface area contributed by atoms with E-state index in [1.165, 1.54) is 0 Å². The minimum absolute atomic E-state index is 0.0194. The van der Waals surface area contributed by atoms with Crippen molar-refractivity contribution in [3.63, 3.8) is 0 Å². The van der Waals surface area contributed by atoms with Crippen LogP contribution in [-0.4, -0.2) is 9.97 Å². The molecule has 100 valence electrons. The first-order chi connectivity index (χ1) is 8.97. The quantitative estimate of drug-likeness (QED) is 0.919. The number of halogens is 1. The summed E-state index contributed by atoms with van der Waals surface area (Å²) in [6.45, 7) is 6.05. The average Bonchev–Trinajstić information content (AvgIpc) is 2.36. The average molecular weight is 261 g/mol. The van der Waals surface area contributed by atoms with Crippen LogP contribution in [0.4, 0.5) is 10.3 Å². The Balaban J connectivity index is 2.37. The molecule has 0 fully saturated rings. The third kappa shape index (κ3) is 2.99. The molecule has 1 aromatic carbocycles. The topological polar surface area (TPSA) is 61.0 Å². The SMILES string of the molecule is Cc1ccc(C(C)C)cc1Oc1nc(N)ncc1F. The number of hydrogen-bond acceptors (Lipinski definition) is 4. The number of ether oxygens (including phenoxy) is 1. The summed E-state index contributed by atoms with van der Waals surface area (Å²) in [5.74, 6) is 0.126. The Morgan fingerprint density at radius 1 is 1.32 bits per heavy atom. The van der Waals surface area contributed by atoms with Gasteiger partial charge in [-0.25, -0.2) is 4.98 Å². The summed E-state index contributed by atoms with van der Waals surface area (Å²) in [5, 5.41) is 0. The fourth-order valence-electron chi connectivity index (χ4n) is 1.63. The fraction of sp³-hybridized carbons (Fsp3) is 0.286. The number of aryl methyl sites for hydroxylation is 1. The minimum atomic E-state index is -0.636. The molecule has 0 aliphatic carbocycles. The Kier molecular flexibility index (Phi) is 3.64. The van der Waals surface area contributed by atoms with Gasteiger partial charge in [0.1, 0.15) is 5.75 Å². The lowest BCUT2D eigenvalue weighted by molar-refractivity contribution is 0.418. The second kappa shape index (κ2) is 5.22. The van der Waals surface area contributed by atoms with Crippen LogP contribution in [0, 0.1) is 12.7 Å². The van der Waals surface area contributed by atoms with Gasteiger partial charge in [-0.1, -0.05) is 26.0 Å². The van der Waals surface area contributed by atoms with Gasteiger partial charge in [-0.3, -0.25) is 0 Å². The molecule has 0 saturated heterocycles. The van der Waals surface area contributed by atoms with Gasteiger partial charge in [-0.2, -0.15) is 9.37 Å². The highest BCUT2D eigenvalue weighted by Crippen LogP contribution is 2.29. The van der Waals surface area contributed by atoms with E-state index in [1.54, 1.807) is 0 Å². The zero-order valence-electron chi connectivity index (χ0n) is 11.1. The van der Waals surface area contributed by atoms with Crippen molar-refractivity contribution in [2.45, 2.75) is 26.7 Å². The maximum absolute atomic E-state index is 13.5. The van der Waals surface area contributed by atoms with Crippen molar-refractivity contribution in [3.05, 3.63) is 41.3 Å². The van der Waals surface area contributed by atoms with Gasteiger partial charge in [0.25, 0.3) is 5.88 Å². The van der Waals surface area contributed by atoms with Crippen LogP contribution in [0.2, 0.25) is 0 Å². The molecule has 4 nitrogen and oxygen atoms in total. The summed E-state index contributed by atoms with van der Waals surface area (Å²) in [6, 6.07) is 5.85. The molecule has 0 aliphatic rings. The molecule has 5 heteroatoms. The Morgan fingerprint density at radius 2 is 2.05 bits per heavy atom. The van der Waals surface area contributed by atoms with Gasteiger partial charge in [0.15, 0.2) is 0 Å². The van der Waals surface area contributed by atoms with Gasteiger partial charge in [-0.05, 0) is 30.0 Å². The molecule has 0 amide bonds. The lowest BCUT2D eigenvalue weighted by Gasteiger charge is -2.12. The molecule has 2 rings (SSSR count). The van der Waals surface area contributed by atoms with Crippen LogP contribution in [-0.2, 0) is 0 Å². The molecule has 0 unspecified atom stereocenters. The van der Waals surface area contributed by atoms with E-state index in [9.17, 15) is 4.39 Å². The molecule has 2 aromatic rings. The van der Waals surface area contributed by atoms with Gasteiger partial charge in [-0.15, -0.1) is 0 Å². The minimum Gasteiger partial charge on any atom is -0.436 e. The predicted octanol–water partition coefficient (Wildman–Crippen LogP) is 3.42. The Morgan fingerprint density at radius 3 is 2.74 bits per heavy atom. The van der Waals surface area contributed by atoms with Gasteiger partial charge >= 0.3 is 0 Å². The molecule has 0 spiro atoms. The van der Waals surface area contributed by atoms with Crippen LogP contribution >= 0.6 is 0 Å². The molecule has 1 heterocycles. The Hall–Kier alpha value is -2.17. The predicted molar refractivity (Wildman–Crippen MR) is 71.7 cm³/mol. The van der Waals surface area contributed by atoms with Crippen LogP contribution < -0.4 is 10.5 Å². The second-order valence-corrected chi connectivity index (χ2v) is 4.66. The third-order valence-corrected chi connectivity index (χ3v) is 2.82. The summed E-state index contributed by atoms with van der Waals surface area (Å²) >= 11 is 0. The lowest BCUT2D eigenvalue weighted by Crippen LogP contribution is -2.00. The van der Waals surface area contributed by atoms with E-state index in [1.807, 2.05) is 25.1 Å². The van der Waals surface area contributed by atoms with Gasteiger partial charge in [0.05, 0.1) is 6.20 Å². The van der Waals surface area contributed by atoms with Crippen molar-refractivity contribution in [1.82, 2.24) is 9.97 Å². The van der Waals surface area contributed by atoms with E-state index in [2.05, 4.69) is 23.8 Å². The molecular weight excluding hydrogens is 245 g/mol. The van der Waals surface area contributed by atoms with Gasteiger partial charge in [0, 0.05) is 0 Å². The number of aromatic nitrogens is 2. The van der Waals surface area contributed by atoms with Crippen LogP contribution in [0.1, 0.15) is 30.9 Å². The molecule has 0 saturated carbocycles. The number of nitrogens with two attached hydrogens (primary N) is 1. The number of benzene rings is 1. The van der Waals surface area contributed by atoms with Crippen molar-refractivity contribution >= 4 is 5.95 Å². The van der Waals surface area contributed by atoms with E-state index < -0.39 is 5.82 Å². The second-order valence-electron chi connectivity index (χ2n) is 4.66. The van der Waals surface area contributed by atoms with Crippen molar-refractivity contribution in [2.24, 2.45) is 0 Å². The normalized spacial score (nSPS) is 10.8. The zero-order chi connectivity index (χ0) is 14.0. The summed E-state index contributed by atoms with van der Waals surface area (Å²) in [7, 11) is 0. The summed E-state index contributed by atoms with van der Waals surface area (Å²) in [6.07, 6.45) is 0.999. The van der Waals surface area contributed by atoms with E-state index in [0.29, 0.717) is 11.7 Å². The van der Waals surface area contributed by atoms with Crippen molar-refractivity contribution in [1.29, 1.82) is 0 Å². The standard InChI is InChI=1S/C14H16FN3O/c1-8(2)10-5-4-9(3)12(6-10)19-13-11(15)7-17-14(16)18-13/h4-8H,1-3H3,(H2,16,17,18). The van der Waals surface area contributed by atoms with Crippen molar-refractivity contribution in [2.75, 3.05) is 5.73 Å². The van der Waals surface area contributed by atoms with E-state index in [-0.39, 0.29) is 11.8 Å². The fourth-order valence-corrected chi connectivity index (χ4v) is 1.63. The summed E-state index contributed by atoms with van der Waals surface area (Å²) in [4.78, 5) is 7.31. The maximum Gasteiger partial charge on any atom is 0.260 e. The number of rotatable bonds is 3. The van der Waals surface area contributed by atoms with Crippen LogP contribution in [0.15, 0.2) is 24.4 Å². The van der Waals surface area contributed by atoms with Crippen LogP contribution in [0.5, 0.6) is 11.6 Å². The van der Waals surface area contributed by atoms with Crippen molar-refractivity contribution < 1.29 is 9.13 Å². The molecular formula is C14H16FN3O. The van der Waals surface area contributed by atoms with Crippen LogP contribution in [0.25, 0.3) is 0 Å². The maximum atomic E-state index is 13.5. The lowest BCUT2D eigenvalue weighted by atomic mass is 10.0. The molecule has 0 bridgehead atoms.